The Bertz CT molecular complexity index is 1340. The van der Waals surface area contributed by atoms with Crippen LogP contribution in [0.4, 0.5) is 13.2 Å². The molecule has 1 amide bonds. The van der Waals surface area contributed by atoms with Gasteiger partial charge in [-0.25, -0.2) is 0 Å². The van der Waals surface area contributed by atoms with Crippen LogP contribution in [-0.2, 0) is 15.8 Å². The van der Waals surface area contributed by atoms with Gasteiger partial charge < -0.3 is 14.8 Å². The maximum atomic E-state index is 14.0. The summed E-state index contributed by atoms with van der Waals surface area (Å²) in [5, 5.41) is 8.92. The predicted molar refractivity (Wildman–Crippen MR) is 163 cm³/mol. The van der Waals surface area contributed by atoms with Gasteiger partial charge >= 0.3 is 12.1 Å². The molecule has 10 heteroatoms. The first-order chi connectivity index (χ1) is 20.2. The molecular weight excluding hydrogens is 573 g/mol. The molecule has 0 bridgehead atoms. The van der Waals surface area contributed by atoms with Gasteiger partial charge in [0.2, 0.25) is 0 Å². The number of nitrogens with zero attached hydrogens (tertiary/aromatic N) is 2. The van der Waals surface area contributed by atoms with Crippen LogP contribution in [0.25, 0.3) is 0 Å². The summed E-state index contributed by atoms with van der Waals surface area (Å²) in [7, 11) is -1.20. The van der Waals surface area contributed by atoms with Gasteiger partial charge in [-0.05, 0) is 67.7 Å². The first-order valence-electron chi connectivity index (χ1n) is 15.1. The number of halogens is 3. The first-order valence-corrected chi connectivity index (χ1v) is 16.8. The second kappa shape index (κ2) is 13.2. The SMILES string of the molecule is CC(C)(C)CCC(CN1C(=O)C(c2ccc(C(F)(F)F)cc2)=NC12CCCCC2)c1ccc(C(=O)[SiH2]CCC(=O)O)cc1. The van der Waals surface area contributed by atoms with Gasteiger partial charge in [-0.2, -0.15) is 13.2 Å². The predicted octanol–water partition coefficient (Wildman–Crippen LogP) is 6.81. The van der Waals surface area contributed by atoms with Gasteiger partial charge in [-0.1, -0.05) is 63.6 Å². The summed E-state index contributed by atoms with van der Waals surface area (Å²) >= 11 is 0. The Hall–Kier alpha value is -3.27. The highest BCUT2D eigenvalue weighted by molar-refractivity contribution is 6.77. The van der Waals surface area contributed by atoms with Gasteiger partial charge in [0.25, 0.3) is 5.91 Å². The lowest BCUT2D eigenvalue weighted by atomic mass is 9.82. The average Bonchev–Trinajstić information content (AvgIpc) is 3.20. The van der Waals surface area contributed by atoms with Crippen molar-refractivity contribution in [2.24, 2.45) is 10.4 Å². The fraction of sp³-hybridized carbons (Fsp3) is 0.515. The Morgan fingerprint density at radius 2 is 1.63 bits per heavy atom. The molecule has 0 saturated heterocycles. The van der Waals surface area contributed by atoms with E-state index in [0.29, 0.717) is 36.6 Å². The zero-order valence-corrected chi connectivity index (χ0v) is 26.6. The van der Waals surface area contributed by atoms with Crippen molar-refractivity contribution >= 4 is 32.5 Å². The zero-order valence-electron chi connectivity index (χ0n) is 25.2. The molecule has 4 rings (SSSR count). The summed E-state index contributed by atoms with van der Waals surface area (Å²) in [4.78, 5) is 44.3. The fourth-order valence-electron chi connectivity index (χ4n) is 6.07. The zero-order chi connectivity index (χ0) is 31.4. The van der Waals surface area contributed by atoms with E-state index in [2.05, 4.69) is 20.8 Å². The third-order valence-electron chi connectivity index (χ3n) is 8.55. The number of carbonyl (C=O) groups is 3. The number of benzene rings is 2. The van der Waals surface area contributed by atoms with Gasteiger partial charge in [-0.3, -0.25) is 14.6 Å². The summed E-state index contributed by atoms with van der Waals surface area (Å²) in [6.07, 6.45) is 1.57. The van der Waals surface area contributed by atoms with Crippen LogP contribution in [0, 0.1) is 5.41 Å². The number of carbonyl (C=O) groups excluding carboxylic acids is 2. The molecular formula is C33H41F3N2O4Si. The van der Waals surface area contributed by atoms with E-state index in [1.807, 2.05) is 29.2 Å². The molecule has 1 N–H and O–H groups in total. The number of amides is 1. The molecule has 1 saturated carbocycles. The van der Waals surface area contributed by atoms with Crippen molar-refractivity contribution in [2.45, 2.75) is 95.9 Å². The quantitative estimate of drug-likeness (QED) is 0.282. The first kappa shape index (κ1) is 32.6. The van der Waals surface area contributed by atoms with E-state index in [0.717, 1.165) is 49.8 Å². The minimum absolute atomic E-state index is 0.00701. The summed E-state index contributed by atoms with van der Waals surface area (Å²) < 4.78 is 39.6. The Kier molecular flexibility index (Phi) is 9.99. The Balaban J connectivity index is 1.61. The van der Waals surface area contributed by atoms with Crippen molar-refractivity contribution in [1.82, 2.24) is 4.90 Å². The van der Waals surface area contributed by atoms with Crippen LogP contribution in [0.1, 0.15) is 105 Å². The molecule has 1 fully saturated rings. The van der Waals surface area contributed by atoms with E-state index in [4.69, 9.17) is 10.1 Å². The molecule has 0 radical (unpaired) electrons. The monoisotopic (exact) mass is 614 g/mol. The van der Waals surface area contributed by atoms with E-state index < -0.39 is 32.9 Å². The van der Waals surface area contributed by atoms with Gasteiger partial charge in [0, 0.05) is 30.0 Å². The van der Waals surface area contributed by atoms with Crippen LogP contribution >= 0.6 is 0 Å². The number of aliphatic carboxylic acids is 1. The molecule has 2 aromatic carbocycles. The molecule has 43 heavy (non-hydrogen) atoms. The highest BCUT2D eigenvalue weighted by atomic mass is 28.2. The second-order valence-corrected chi connectivity index (χ2v) is 14.9. The summed E-state index contributed by atoms with van der Waals surface area (Å²) in [6, 6.07) is 12.6. The van der Waals surface area contributed by atoms with E-state index in [1.54, 1.807) is 0 Å². The molecule has 2 aliphatic rings. The Morgan fingerprint density at radius 1 is 1.00 bits per heavy atom. The molecule has 1 atom stereocenters. The van der Waals surface area contributed by atoms with Crippen molar-refractivity contribution < 1.29 is 32.7 Å². The Labute approximate surface area is 253 Å². The van der Waals surface area contributed by atoms with Crippen LogP contribution in [-0.4, -0.2) is 54.7 Å². The van der Waals surface area contributed by atoms with Gasteiger partial charge in [0.1, 0.15) is 26.3 Å². The second-order valence-electron chi connectivity index (χ2n) is 13.1. The van der Waals surface area contributed by atoms with E-state index in [1.165, 1.54) is 12.1 Å². The fourth-order valence-corrected chi connectivity index (χ4v) is 7.39. The number of hydrogen-bond donors (Lipinski definition) is 1. The van der Waals surface area contributed by atoms with Gasteiger partial charge in [0.15, 0.2) is 0 Å². The maximum absolute atomic E-state index is 14.0. The van der Waals surface area contributed by atoms with Gasteiger partial charge in [0.05, 0.1) is 5.56 Å². The van der Waals surface area contributed by atoms with Crippen molar-refractivity contribution in [3.8, 4) is 0 Å². The van der Waals surface area contributed by atoms with Crippen LogP contribution in [0.15, 0.2) is 53.5 Å². The number of carboxylic acid groups (broad SMARTS) is 1. The van der Waals surface area contributed by atoms with Crippen LogP contribution in [0.5, 0.6) is 0 Å². The van der Waals surface area contributed by atoms with Crippen molar-refractivity contribution in [3.05, 3.63) is 70.8 Å². The largest absolute Gasteiger partial charge is 0.481 e. The van der Waals surface area contributed by atoms with Crippen LogP contribution in [0.3, 0.4) is 0 Å². The average molecular weight is 615 g/mol. The van der Waals surface area contributed by atoms with E-state index in [9.17, 15) is 27.6 Å². The molecule has 2 aromatic rings. The molecule has 1 aliphatic carbocycles. The smallest absolute Gasteiger partial charge is 0.416 e. The van der Waals surface area contributed by atoms with Crippen molar-refractivity contribution in [1.29, 1.82) is 0 Å². The molecule has 0 aromatic heterocycles. The standard InChI is InChI=1S/C33H41F3N2O4Si/c1-31(2,3)19-15-25(22-7-9-24(10-8-22)30(42)43-20-16-27(39)40)21-38-29(41)28(37-32(38)17-5-4-6-18-32)23-11-13-26(14-12-23)33(34,35)36/h7-14,25H,4-6,15-21,43H2,1-3H3,(H,39,40). The highest BCUT2D eigenvalue weighted by Crippen LogP contribution is 2.42. The highest BCUT2D eigenvalue weighted by Gasteiger charge is 2.48. The topological polar surface area (TPSA) is 87.0 Å². The molecule has 6 nitrogen and oxygen atoms in total. The minimum atomic E-state index is -4.46. The Morgan fingerprint density at radius 3 is 2.19 bits per heavy atom. The van der Waals surface area contributed by atoms with Crippen LogP contribution < -0.4 is 0 Å². The lowest BCUT2D eigenvalue weighted by Gasteiger charge is -2.41. The number of rotatable bonds is 11. The van der Waals surface area contributed by atoms with E-state index in [-0.39, 0.29) is 34.8 Å². The van der Waals surface area contributed by atoms with Crippen LogP contribution in [0.2, 0.25) is 6.04 Å². The number of hydrogen-bond acceptors (Lipinski definition) is 4. The summed E-state index contributed by atoms with van der Waals surface area (Å²) in [5.41, 5.74) is 0.797. The molecule has 1 aliphatic heterocycles. The normalized spacial score (nSPS) is 18.0. The van der Waals surface area contributed by atoms with Crippen molar-refractivity contribution in [3.63, 3.8) is 0 Å². The van der Waals surface area contributed by atoms with Crippen molar-refractivity contribution in [2.75, 3.05) is 6.54 Å². The maximum Gasteiger partial charge on any atom is 0.416 e. The summed E-state index contributed by atoms with van der Waals surface area (Å²) in [5.74, 6) is -1.17. The lowest BCUT2D eigenvalue weighted by molar-refractivity contribution is -0.138. The number of carboxylic acids is 1. The molecule has 232 valence electrons. The minimum Gasteiger partial charge on any atom is -0.481 e. The summed E-state index contributed by atoms with van der Waals surface area (Å²) in [6.45, 7) is 6.93. The van der Waals surface area contributed by atoms with E-state index >= 15 is 0 Å². The molecule has 1 unspecified atom stereocenters. The third-order valence-corrected chi connectivity index (χ3v) is 10.1. The lowest BCUT2D eigenvalue weighted by Crippen LogP contribution is -2.49. The third kappa shape index (κ3) is 8.22. The molecule has 1 spiro atoms. The number of alkyl halides is 3. The number of aliphatic imine (C=N–C) groups is 1. The molecule has 1 heterocycles. The van der Waals surface area contributed by atoms with Gasteiger partial charge in [-0.15, -0.1) is 0 Å².